The topological polar surface area (TPSA) is 93.7 Å². The maximum atomic E-state index is 11.9. The second-order valence-electron chi connectivity index (χ2n) is 4.57. The van der Waals surface area contributed by atoms with Crippen LogP contribution < -0.4 is 10.6 Å². The summed E-state index contributed by atoms with van der Waals surface area (Å²) in [6.45, 7) is 3.07. The number of methoxy groups -OCH3 is 1. The van der Waals surface area contributed by atoms with Crippen molar-refractivity contribution in [3.63, 3.8) is 0 Å². The van der Waals surface area contributed by atoms with E-state index in [1.807, 2.05) is 30.3 Å². The summed E-state index contributed by atoms with van der Waals surface area (Å²) in [6, 6.07) is 9.17. The first-order valence-corrected chi connectivity index (χ1v) is 7.04. The molecule has 0 unspecified atom stereocenters. The van der Waals surface area contributed by atoms with Crippen molar-refractivity contribution >= 4 is 18.0 Å². The second kappa shape index (κ2) is 9.24. The first kappa shape index (κ1) is 18.2. The van der Waals surface area contributed by atoms with Crippen LogP contribution in [0.3, 0.4) is 0 Å². The molecule has 0 atom stereocenters. The molecule has 7 heteroatoms. The predicted molar refractivity (Wildman–Crippen MR) is 82.9 cm³/mol. The van der Waals surface area contributed by atoms with Crippen molar-refractivity contribution in [1.82, 2.24) is 10.6 Å². The number of carbonyl (C=O) groups excluding carboxylic acids is 3. The zero-order valence-corrected chi connectivity index (χ0v) is 13.3. The summed E-state index contributed by atoms with van der Waals surface area (Å²) in [4.78, 5) is 34.8. The molecule has 1 rings (SSSR count). The summed E-state index contributed by atoms with van der Waals surface area (Å²) in [5.74, 6) is -1.20. The van der Waals surface area contributed by atoms with Gasteiger partial charge in [0.15, 0.2) is 0 Å². The lowest BCUT2D eigenvalue weighted by atomic mass is 10.2. The van der Waals surface area contributed by atoms with Crippen LogP contribution in [0.5, 0.6) is 0 Å². The van der Waals surface area contributed by atoms with E-state index in [2.05, 4.69) is 15.4 Å². The van der Waals surface area contributed by atoms with Gasteiger partial charge in [-0.2, -0.15) is 0 Å². The van der Waals surface area contributed by atoms with Crippen LogP contribution in [0.1, 0.15) is 25.8 Å². The Morgan fingerprint density at radius 2 is 1.74 bits per heavy atom. The number of amides is 2. The Morgan fingerprint density at radius 3 is 2.26 bits per heavy atom. The van der Waals surface area contributed by atoms with E-state index in [1.165, 1.54) is 14.0 Å². The SMILES string of the molecule is CC/C(NC(=O)OCc1ccccc1)=C(\NC(C)=O)C(=O)OC. The molecule has 1 aromatic carbocycles. The molecule has 0 aliphatic heterocycles. The fourth-order valence-corrected chi connectivity index (χ4v) is 1.74. The monoisotopic (exact) mass is 320 g/mol. The van der Waals surface area contributed by atoms with Crippen LogP contribution >= 0.6 is 0 Å². The molecule has 7 nitrogen and oxygen atoms in total. The summed E-state index contributed by atoms with van der Waals surface area (Å²) in [7, 11) is 1.19. The maximum Gasteiger partial charge on any atom is 0.411 e. The van der Waals surface area contributed by atoms with Crippen LogP contribution in [0.15, 0.2) is 41.7 Å². The van der Waals surface area contributed by atoms with Gasteiger partial charge < -0.3 is 14.8 Å². The van der Waals surface area contributed by atoms with Gasteiger partial charge in [-0.3, -0.25) is 10.1 Å². The standard InChI is InChI=1S/C16H20N2O5/c1-4-13(14(15(20)22-3)17-11(2)19)18-16(21)23-10-12-8-6-5-7-9-12/h5-9H,4,10H2,1-3H3,(H,17,19)(H,18,21)/b14-13+. The first-order valence-electron chi connectivity index (χ1n) is 7.04. The number of rotatable bonds is 6. The van der Waals surface area contributed by atoms with Crippen LogP contribution in [0, 0.1) is 0 Å². The van der Waals surface area contributed by atoms with Crippen LogP contribution in [-0.2, 0) is 25.7 Å². The Balaban J connectivity index is 2.78. The zero-order chi connectivity index (χ0) is 17.2. The summed E-state index contributed by atoms with van der Waals surface area (Å²) < 4.78 is 9.68. The van der Waals surface area contributed by atoms with Crippen molar-refractivity contribution in [3.8, 4) is 0 Å². The lowest BCUT2D eigenvalue weighted by molar-refractivity contribution is -0.137. The van der Waals surface area contributed by atoms with E-state index in [1.54, 1.807) is 6.92 Å². The Morgan fingerprint density at radius 1 is 1.09 bits per heavy atom. The summed E-state index contributed by atoms with van der Waals surface area (Å²) >= 11 is 0. The number of benzene rings is 1. The lowest BCUT2D eigenvalue weighted by Gasteiger charge is -2.14. The number of alkyl carbamates (subject to hydrolysis) is 1. The molecule has 0 radical (unpaired) electrons. The number of allylic oxidation sites excluding steroid dienone is 1. The maximum absolute atomic E-state index is 11.9. The van der Waals surface area contributed by atoms with Gasteiger partial charge >= 0.3 is 12.1 Å². The second-order valence-corrected chi connectivity index (χ2v) is 4.57. The minimum absolute atomic E-state index is 0.0946. The van der Waals surface area contributed by atoms with Crippen LogP contribution in [-0.4, -0.2) is 25.1 Å². The number of carbonyl (C=O) groups is 3. The van der Waals surface area contributed by atoms with Gasteiger partial charge in [0.1, 0.15) is 12.3 Å². The van der Waals surface area contributed by atoms with Crippen molar-refractivity contribution in [2.75, 3.05) is 7.11 Å². The van der Waals surface area contributed by atoms with Gasteiger partial charge in [0.25, 0.3) is 0 Å². The molecule has 0 bridgehead atoms. The molecule has 0 aliphatic rings. The molecule has 2 N–H and O–H groups in total. The molecule has 23 heavy (non-hydrogen) atoms. The summed E-state index contributed by atoms with van der Waals surface area (Å²) in [5.41, 5.74) is 0.934. The van der Waals surface area contributed by atoms with Gasteiger partial charge in [-0.25, -0.2) is 9.59 Å². The molecule has 124 valence electrons. The Bertz CT molecular complexity index is 596. The third kappa shape index (κ3) is 6.21. The highest BCUT2D eigenvalue weighted by molar-refractivity contribution is 5.94. The Kier molecular flexibility index (Phi) is 7.32. The summed E-state index contributed by atoms with van der Waals surface area (Å²) in [6.07, 6.45) is -0.428. The third-order valence-electron chi connectivity index (χ3n) is 2.81. The zero-order valence-electron chi connectivity index (χ0n) is 13.3. The van der Waals surface area contributed by atoms with Crippen molar-refractivity contribution in [3.05, 3.63) is 47.3 Å². The molecule has 0 spiro atoms. The Hall–Kier alpha value is -2.83. The van der Waals surface area contributed by atoms with Crippen molar-refractivity contribution in [2.45, 2.75) is 26.9 Å². The molecular formula is C16H20N2O5. The average Bonchev–Trinajstić information content (AvgIpc) is 2.56. The molecule has 0 aliphatic carbocycles. The largest absolute Gasteiger partial charge is 0.464 e. The quantitative estimate of drug-likeness (QED) is 0.616. The van der Waals surface area contributed by atoms with E-state index in [-0.39, 0.29) is 18.0 Å². The van der Waals surface area contributed by atoms with Crippen molar-refractivity contribution < 1.29 is 23.9 Å². The third-order valence-corrected chi connectivity index (χ3v) is 2.81. The molecule has 0 fully saturated rings. The van der Waals surface area contributed by atoms with E-state index in [0.717, 1.165) is 5.56 Å². The molecule has 0 saturated heterocycles. The highest BCUT2D eigenvalue weighted by Gasteiger charge is 2.18. The molecule has 0 aromatic heterocycles. The van der Waals surface area contributed by atoms with Gasteiger partial charge in [-0.05, 0) is 12.0 Å². The van der Waals surface area contributed by atoms with Gasteiger partial charge in [0, 0.05) is 6.92 Å². The fourth-order valence-electron chi connectivity index (χ4n) is 1.74. The van der Waals surface area contributed by atoms with Crippen LogP contribution in [0.2, 0.25) is 0 Å². The fraction of sp³-hybridized carbons (Fsp3) is 0.312. The number of esters is 1. The number of hydrogen-bond donors (Lipinski definition) is 2. The molecule has 0 heterocycles. The number of hydrogen-bond acceptors (Lipinski definition) is 5. The van der Waals surface area contributed by atoms with Gasteiger partial charge in [0.05, 0.1) is 12.8 Å². The van der Waals surface area contributed by atoms with Crippen LogP contribution in [0.25, 0.3) is 0 Å². The number of ether oxygens (including phenoxy) is 2. The van der Waals surface area contributed by atoms with Crippen LogP contribution in [0.4, 0.5) is 4.79 Å². The van der Waals surface area contributed by atoms with E-state index in [9.17, 15) is 14.4 Å². The van der Waals surface area contributed by atoms with Crippen molar-refractivity contribution in [2.24, 2.45) is 0 Å². The summed E-state index contributed by atoms with van der Waals surface area (Å²) in [5, 5.41) is 4.82. The van der Waals surface area contributed by atoms with E-state index in [4.69, 9.17) is 4.74 Å². The molecule has 1 aromatic rings. The molecule has 0 saturated carbocycles. The minimum Gasteiger partial charge on any atom is -0.464 e. The predicted octanol–water partition coefficient (Wildman–Crippen LogP) is 1.84. The minimum atomic E-state index is -0.750. The lowest BCUT2D eigenvalue weighted by Crippen LogP contribution is -2.33. The van der Waals surface area contributed by atoms with Gasteiger partial charge in [-0.1, -0.05) is 37.3 Å². The van der Waals surface area contributed by atoms with E-state index < -0.39 is 18.0 Å². The van der Waals surface area contributed by atoms with Gasteiger partial charge in [-0.15, -0.1) is 0 Å². The van der Waals surface area contributed by atoms with E-state index >= 15 is 0 Å². The smallest absolute Gasteiger partial charge is 0.411 e. The van der Waals surface area contributed by atoms with E-state index in [0.29, 0.717) is 6.42 Å². The average molecular weight is 320 g/mol. The normalized spacial score (nSPS) is 11.1. The van der Waals surface area contributed by atoms with Gasteiger partial charge in [0.2, 0.25) is 5.91 Å². The Labute approximate surface area is 134 Å². The number of nitrogens with one attached hydrogen (secondary N) is 2. The highest BCUT2D eigenvalue weighted by Crippen LogP contribution is 2.07. The molecular weight excluding hydrogens is 300 g/mol. The first-order chi connectivity index (χ1) is 11.0. The highest BCUT2D eigenvalue weighted by atomic mass is 16.5. The molecule has 2 amide bonds. The van der Waals surface area contributed by atoms with Crippen molar-refractivity contribution in [1.29, 1.82) is 0 Å².